The minimum absolute atomic E-state index is 0.0490. The lowest BCUT2D eigenvalue weighted by molar-refractivity contribution is 0.295. The molecule has 0 radical (unpaired) electrons. The molecule has 1 N–H and O–H groups in total. The Balaban J connectivity index is 2.74. The van der Waals surface area contributed by atoms with Crippen molar-refractivity contribution in [3.8, 4) is 0 Å². The highest BCUT2D eigenvalue weighted by atomic mass is 79.9. The van der Waals surface area contributed by atoms with Gasteiger partial charge >= 0.3 is 0 Å². The molecule has 1 aromatic heterocycles. The number of hydrogen-bond acceptors (Lipinski definition) is 3. The predicted molar refractivity (Wildman–Crippen MR) is 86.3 cm³/mol. The van der Waals surface area contributed by atoms with Crippen LogP contribution in [0.3, 0.4) is 0 Å². The van der Waals surface area contributed by atoms with Crippen LogP contribution in [0, 0.1) is 11.3 Å². The van der Waals surface area contributed by atoms with Gasteiger partial charge in [-0.15, -0.1) is 0 Å². The molecular formula is C14H23BrN2OS. The second-order valence-corrected chi connectivity index (χ2v) is 7.48. The molecule has 0 aliphatic rings. The van der Waals surface area contributed by atoms with E-state index in [4.69, 9.17) is 0 Å². The number of aromatic amines is 1. The van der Waals surface area contributed by atoms with Crippen molar-refractivity contribution in [3.63, 3.8) is 0 Å². The normalized spacial score (nSPS) is 13.5. The van der Waals surface area contributed by atoms with Crippen molar-refractivity contribution >= 4 is 27.7 Å². The van der Waals surface area contributed by atoms with E-state index in [9.17, 15) is 4.79 Å². The van der Waals surface area contributed by atoms with Gasteiger partial charge in [-0.3, -0.25) is 4.79 Å². The number of aromatic nitrogens is 2. The summed E-state index contributed by atoms with van der Waals surface area (Å²) in [5.41, 5.74) is 1.09. The van der Waals surface area contributed by atoms with E-state index in [0.29, 0.717) is 5.92 Å². The molecular weight excluding hydrogens is 324 g/mol. The van der Waals surface area contributed by atoms with Gasteiger partial charge in [-0.25, -0.2) is 4.98 Å². The smallest absolute Gasteiger partial charge is 0.251 e. The van der Waals surface area contributed by atoms with E-state index in [-0.39, 0.29) is 11.0 Å². The highest BCUT2D eigenvalue weighted by molar-refractivity contribution is 9.09. The second-order valence-electron chi connectivity index (χ2n) is 5.82. The molecule has 0 saturated carbocycles. The first-order chi connectivity index (χ1) is 8.86. The summed E-state index contributed by atoms with van der Waals surface area (Å²) in [4.78, 5) is 18.9. The van der Waals surface area contributed by atoms with Gasteiger partial charge in [0.2, 0.25) is 0 Å². The van der Waals surface area contributed by atoms with Crippen molar-refractivity contribution in [1.29, 1.82) is 0 Å². The SMILES string of the molecule is CCCc1cc(=O)[nH]c(SCC(CBr)C(C)(C)C)n1. The minimum atomic E-state index is -0.0490. The molecule has 0 aromatic carbocycles. The lowest BCUT2D eigenvalue weighted by Crippen LogP contribution is -2.24. The Kier molecular flexibility index (Phi) is 6.60. The fraction of sp³-hybridized carbons (Fsp3) is 0.714. The maximum absolute atomic E-state index is 11.6. The van der Waals surface area contributed by atoms with Crippen LogP contribution in [0.4, 0.5) is 0 Å². The average Bonchev–Trinajstić information content (AvgIpc) is 2.27. The predicted octanol–water partition coefficient (Wildman–Crippen LogP) is 3.87. The number of rotatable bonds is 6. The van der Waals surface area contributed by atoms with Crippen LogP contribution in [0.25, 0.3) is 0 Å². The number of thioether (sulfide) groups is 1. The first-order valence-electron chi connectivity index (χ1n) is 6.65. The Hall–Kier alpha value is -0.290. The van der Waals surface area contributed by atoms with Crippen molar-refractivity contribution in [3.05, 3.63) is 22.1 Å². The van der Waals surface area contributed by atoms with Crippen LogP contribution in [-0.2, 0) is 6.42 Å². The van der Waals surface area contributed by atoms with Crippen LogP contribution < -0.4 is 5.56 Å². The number of nitrogens with one attached hydrogen (secondary N) is 1. The highest BCUT2D eigenvalue weighted by Gasteiger charge is 2.23. The Morgan fingerprint density at radius 1 is 1.47 bits per heavy atom. The van der Waals surface area contributed by atoms with Crippen LogP contribution in [0.2, 0.25) is 0 Å². The quantitative estimate of drug-likeness (QED) is 0.483. The number of H-pyrrole nitrogens is 1. The van der Waals surface area contributed by atoms with Gasteiger partial charge in [0.1, 0.15) is 0 Å². The Bertz CT molecular complexity index is 453. The van der Waals surface area contributed by atoms with E-state index < -0.39 is 0 Å². The Morgan fingerprint density at radius 2 is 2.16 bits per heavy atom. The molecule has 0 fully saturated rings. The van der Waals surface area contributed by atoms with Gasteiger partial charge in [-0.1, -0.05) is 61.8 Å². The number of aryl methyl sites for hydroxylation is 1. The zero-order valence-electron chi connectivity index (χ0n) is 12.1. The molecule has 1 rings (SSSR count). The average molecular weight is 347 g/mol. The summed E-state index contributed by atoms with van der Waals surface area (Å²) in [6.45, 7) is 8.81. The standard InChI is InChI=1S/C14H23BrN2OS/c1-5-6-11-7-12(18)17-13(16-11)19-9-10(8-15)14(2,3)4/h7,10H,5-6,8-9H2,1-4H3,(H,16,17,18). The van der Waals surface area contributed by atoms with E-state index in [2.05, 4.69) is 53.6 Å². The molecule has 108 valence electrons. The molecule has 5 heteroatoms. The van der Waals surface area contributed by atoms with Gasteiger partial charge in [-0.05, 0) is 17.8 Å². The van der Waals surface area contributed by atoms with Crippen molar-refractivity contribution in [2.75, 3.05) is 11.1 Å². The summed E-state index contributed by atoms with van der Waals surface area (Å²) >= 11 is 5.21. The zero-order valence-corrected chi connectivity index (χ0v) is 14.5. The third-order valence-corrected chi connectivity index (χ3v) is 4.93. The second kappa shape index (κ2) is 7.48. The van der Waals surface area contributed by atoms with Gasteiger partial charge in [0.25, 0.3) is 5.56 Å². The maximum Gasteiger partial charge on any atom is 0.251 e. The lowest BCUT2D eigenvalue weighted by atomic mass is 9.83. The Labute approximate surface area is 128 Å². The van der Waals surface area contributed by atoms with Gasteiger partial charge < -0.3 is 4.98 Å². The summed E-state index contributed by atoms with van der Waals surface area (Å²) < 4.78 is 0. The van der Waals surface area contributed by atoms with E-state index in [1.165, 1.54) is 0 Å². The van der Waals surface area contributed by atoms with Crippen molar-refractivity contribution in [1.82, 2.24) is 9.97 Å². The van der Waals surface area contributed by atoms with E-state index in [1.54, 1.807) is 17.8 Å². The first-order valence-corrected chi connectivity index (χ1v) is 8.76. The summed E-state index contributed by atoms with van der Waals surface area (Å²) in [6, 6.07) is 1.60. The summed E-state index contributed by atoms with van der Waals surface area (Å²) in [7, 11) is 0. The molecule has 0 aliphatic carbocycles. The fourth-order valence-electron chi connectivity index (χ4n) is 1.64. The summed E-state index contributed by atoms with van der Waals surface area (Å²) in [5.74, 6) is 1.49. The van der Waals surface area contributed by atoms with Crippen molar-refractivity contribution < 1.29 is 0 Å². The first kappa shape index (κ1) is 16.8. The zero-order chi connectivity index (χ0) is 14.5. The van der Waals surface area contributed by atoms with Crippen molar-refractivity contribution in [2.24, 2.45) is 11.3 Å². The molecule has 3 nitrogen and oxygen atoms in total. The van der Waals surface area contributed by atoms with Crippen LogP contribution in [0.1, 0.15) is 39.8 Å². The molecule has 0 amide bonds. The van der Waals surface area contributed by atoms with Gasteiger partial charge in [0.15, 0.2) is 5.16 Å². The molecule has 0 spiro atoms. The van der Waals surface area contributed by atoms with Crippen molar-refractivity contribution in [2.45, 2.75) is 45.7 Å². The number of halogens is 1. The fourth-order valence-corrected chi connectivity index (χ4v) is 4.48. The molecule has 1 aromatic rings. The molecule has 1 heterocycles. The molecule has 0 saturated heterocycles. The van der Waals surface area contributed by atoms with Crippen LogP contribution in [0.5, 0.6) is 0 Å². The number of alkyl halides is 1. The Morgan fingerprint density at radius 3 is 2.68 bits per heavy atom. The van der Waals surface area contributed by atoms with E-state index in [1.807, 2.05) is 0 Å². The minimum Gasteiger partial charge on any atom is -0.301 e. The third kappa shape index (κ3) is 5.69. The van der Waals surface area contributed by atoms with Gasteiger partial charge in [0, 0.05) is 22.8 Å². The van der Waals surface area contributed by atoms with Crippen LogP contribution in [0.15, 0.2) is 16.0 Å². The number of hydrogen-bond donors (Lipinski definition) is 1. The monoisotopic (exact) mass is 346 g/mol. The molecule has 19 heavy (non-hydrogen) atoms. The van der Waals surface area contributed by atoms with Crippen LogP contribution in [-0.4, -0.2) is 21.1 Å². The van der Waals surface area contributed by atoms with Gasteiger partial charge in [0.05, 0.1) is 0 Å². The van der Waals surface area contributed by atoms with Crippen LogP contribution >= 0.6 is 27.7 Å². The van der Waals surface area contributed by atoms with E-state index >= 15 is 0 Å². The van der Waals surface area contributed by atoms with E-state index in [0.717, 1.165) is 34.8 Å². The summed E-state index contributed by atoms with van der Waals surface area (Å²) in [6.07, 6.45) is 1.87. The molecule has 0 bridgehead atoms. The molecule has 0 aliphatic heterocycles. The lowest BCUT2D eigenvalue weighted by Gasteiger charge is -2.28. The maximum atomic E-state index is 11.6. The number of nitrogens with zero attached hydrogens (tertiary/aromatic N) is 1. The van der Waals surface area contributed by atoms with Gasteiger partial charge in [-0.2, -0.15) is 0 Å². The summed E-state index contributed by atoms with van der Waals surface area (Å²) in [5, 5.41) is 1.70. The third-order valence-electron chi connectivity index (χ3n) is 3.11. The molecule has 1 unspecified atom stereocenters. The highest BCUT2D eigenvalue weighted by Crippen LogP contribution is 2.31. The largest absolute Gasteiger partial charge is 0.301 e. The molecule has 1 atom stereocenters. The topological polar surface area (TPSA) is 45.8 Å².